The molecular formula is C15H23N3O3. The summed E-state index contributed by atoms with van der Waals surface area (Å²) in [4.78, 5) is 22.2. The fourth-order valence-corrected chi connectivity index (χ4v) is 2.74. The van der Waals surface area contributed by atoms with Crippen LogP contribution in [0.5, 0.6) is 5.88 Å². The van der Waals surface area contributed by atoms with Crippen LogP contribution in [0, 0.1) is 12.8 Å². The molecule has 0 amide bonds. The second-order valence-electron chi connectivity index (χ2n) is 5.91. The maximum Gasteiger partial charge on any atom is 0.326 e. The van der Waals surface area contributed by atoms with Gasteiger partial charge in [0.2, 0.25) is 11.8 Å². The van der Waals surface area contributed by atoms with Crippen LogP contribution in [0.1, 0.15) is 39.3 Å². The zero-order valence-corrected chi connectivity index (χ0v) is 13.0. The number of carboxylic acids is 1. The predicted octanol–water partition coefficient (Wildman–Crippen LogP) is 2.26. The van der Waals surface area contributed by atoms with E-state index in [0.717, 1.165) is 18.5 Å². The standard InChI is InChI=1S/C15H23N3O3/c1-9(2)21-12-8-11(4)16-15(17-12)18-7-5-6-10(3)13(18)14(19)20/h8-10,13H,5-7H2,1-4H3,(H,19,20). The predicted molar refractivity (Wildman–Crippen MR) is 79.7 cm³/mol. The molecule has 1 fully saturated rings. The molecule has 0 radical (unpaired) electrons. The highest BCUT2D eigenvalue weighted by atomic mass is 16.5. The van der Waals surface area contributed by atoms with Crippen LogP contribution in [-0.2, 0) is 4.79 Å². The molecule has 6 nitrogen and oxygen atoms in total. The van der Waals surface area contributed by atoms with Gasteiger partial charge in [-0.2, -0.15) is 4.98 Å². The topological polar surface area (TPSA) is 75.5 Å². The highest BCUT2D eigenvalue weighted by molar-refractivity contribution is 5.78. The van der Waals surface area contributed by atoms with E-state index in [2.05, 4.69) is 9.97 Å². The third-order valence-corrected chi connectivity index (χ3v) is 3.62. The summed E-state index contributed by atoms with van der Waals surface area (Å²) in [5, 5.41) is 9.50. The number of ether oxygens (including phenoxy) is 1. The number of anilines is 1. The minimum atomic E-state index is -0.821. The lowest BCUT2D eigenvalue weighted by Gasteiger charge is -2.37. The Morgan fingerprint density at radius 2 is 2.19 bits per heavy atom. The van der Waals surface area contributed by atoms with Gasteiger partial charge < -0.3 is 14.7 Å². The maximum atomic E-state index is 11.6. The van der Waals surface area contributed by atoms with Gasteiger partial charge in [0.05, 0.1) is 6.10 Å². The van der Waals surface area contributed by atoms with Gasteiger partial charge in [-0.3, -0.25) is 0 Å². The first-order chi connectivity index (χ1) is 9.88. The molecule has 0 aromatic carbocycles. The fourth-order valence-electron chi connectivity index (χ4n) is 2.74. The molecule has 0 spiro atoms. The van der Waals surface area contributed by atoms with E-state index in [-0.39, 0.29) is 12.0 Å². The van der Waals surface area contributed by atoms with E-state index in [1.165, 1.54) is 0 Å². The van der Waals surface area contributed by atoms with Gasteiger partial charge in [-0.1, -0.05) is 6.92 Å². The lowest BCUT2D eigenvalue weighted by atomic mass is 9.91. The number of piperidine rings is 1. The van der Waals surface area contributed by atoms with Crippen LogP contribution in [0.3, 0.4) is 0 Å². The first-order valence-electron chi connectivity index (χ1n) is 7.40. The van der Waals surface area contributed by atoms with Gasteiger partial charge in [-0.15, -0.1) is 0 Å². The molecule has 2 rings (SSSR count). The number of hydrogen-bond donors (Lipinski definition) is 1. The summed E-state index contributed by atoms with van der Waals surface area (Å²) < 4.78 is 5.62. The van der Waals surface area contributed by atoms with Crippen molar-refractivity contribution in [2.24, 2.45) is 5.92 Å². The van der Waals surface area contributed by atoms with Gasteiger partial charge in [0.25, 0.3) is 0 Å². The van der Waals surface area contributed by atoms with Crippen LogP contribution in [0.2, 0.25) is 0 Å². The van der Waals surface area contributed by atoms with Crippen molar-refractivity contribution in [3.8, 4) is 5.88 Å². The smallest absolute Gasteiger partial charge is 0.326 e. The van der Waals surface area contributed by atoms with Crippen LogP contribution >= 0.6 is 0 Å². The van der Waals surface area contributed by atoms with Crippen molar-refractivity contribution in [1.29, 1.82) is 0 Å². The van der Waals surface area contributed by atoms with Gasteiger partial charge >= 0.3 is 5.97 Å². The van der Waals surface area contributed by atoms with E-state index in [9.17, 15) is 9.90 Å². The average molecular weight is 293 g/mol. The molecule has 1 aliphatic rings. The molecule has 21 heavy (non-hydrogen) atoms. The van der Waals surface area contributed by atoms with E-state index < -0.39 is 12.0 Å². The highest BCUT2D eigenvalue weighted by Crippen LogP contribution is 2.28. The Morgan fingerprint density at radius 1 is 1.48 bits per heavy atom. The number of nitrogens with zero attached hydrogens (tertiary/aromatic N) is 3. The fraction of sp³-hybridized carbons (Fsp3) is 0.667. The molecule has 116 valence electrons. The van der Waals surface area contributed by atoms with Crippen molar-refractivity contribution < 1.29 is 14.6 Å². The number of carboxylic acid groups (broad SMARTS) is 1. The van der Waals surface area contributed by atoms with Crippen molar-refractivity contribution >= 4 is 11.9 Å². The summed E-state index contributed by atoms with van der Waals surface area (Å²) >= 11 is 0. The van der Waals surface area contributed by atoms with Gasteiger partial charge in [0, 0.05) is 18.3 Å². The second-order valence-corrected chi connectivity index (χ2v) is 5.91. The van der Waals surface area contributed by atoms with Crippen LogP contribution in [-0.4, -0.2) is 39.7 Å². The molecule has 0 aliphatic carbocycles. The van der Waals surface area contributed by atoms with Crippen LogP contribution in [0.15, 0.2) is 6.07 Å². The van der Waals surface area contributed by atoms with Gasteiger partial charge in [-0.05, 0) is 39.5 Å². The third kappa shape index (κ3) is 3.62. The summed E-state index contributed by atoms with van der Waals surface area (Å²) in [5.74, 6) is 0.202. The number of hydrogen-bond acceptors (Lipinski definition) is 5. The zero-order valence-electron chi connectivity index (χ0n) is 13.0. The Balaban J connectivity index is 2.34. The first kappa shape index (κ1) is 15.5. The molecule has 1 N–H and O–H groups in total. The molecule has 1 aromatic heterocycles. The van der Waals surface area contributed by atoms with E-state index in [0.29, 0.717) is 18.4 Å². The third-order valence-electron chi connectivity index (χ3n) is 3.62. The summed E-state index contributed by atoms with van der Waals surface area (Å²) in [7, 11) is 0. The van der Waals surface area contributed by atoms with Crippen LogP contribution < -0.4 is 9.64 Å². The molecule has 2 heterocycles. The highest BCUT2D eigenvalue weighted by Gasteiger charge is 2.36. The number of aliphatic carboxylic acids is 1. The Morgan fingerprint density at radius 3 is 2.81 bits per heavy atom. The molecule has 6 heteroatoms. The first-order valence-corrected chi connectivity index (χ1v) is 7.40. The van der Waals surface area contributed by atoms with Gasteiger partial charge in [0.1, 0.15) is 6.04 Å². The minimum Gasteiger partial charge on any atom is -0.480 e. The average Bonchev–Trinajstić information content (AvgIpc) is 2.36. The molecule has 2 unspecified atom stereocenters. The minimum absolute atomic E-state index is 0.0164. The Labute approximate surface area is 125 Å². The van der Waals surface area contributed by atoms with Crippen LogP contribution in [0.4, 0.5) is 5.95 Å². The van der Waals surface area contributed by atoms with E-state index in [1.54, 1.807) is 11.0 Å². The molecule has 1 saturated heterocycles. The zero-order chi connectivity index (χ0) is 15.6. The largest absolute Gasteiger partial charge is 0.480 e. The molecule has 2 atom stereocenters. The number of aromatic nitrogens is 2. The van der Waals surface area contributed by atoms with Gasteiger partial charge in [-0.25, -0.2) is 9.78 Å². The molecule has 1 aromatic rings. The normalized spacial score (nSPS) is 22.4. The summed E-state index contributed by atoms with van der Waals surface area (Å²) in [6.45, 7) is 8.35. The molecule has 1 aliphatic heterocycles. The lowest BCUT2D eigenvalue weighted by molar-refractivity contribution is -0.140. The molecule has 0 saturated carbocycles. The lowest BCUT2D eigenvalue weighted by Crippen LogP contribution is -2.50. The molecular weight excluding hydrogens is 270 g/mol. The Bertz CT molecular complexity index is 519. The number of carbonyl (C=O) groups is 1. The van der Waals surface area contributed by atoms with Crippen molar-refractivity contribution in [2.45, 2.75) is 52.7 Å². The van der Waals surface area contributed by atoms with E-state index >= 15 is 0 Å². The van der Waals surface area contributed by atoms with Crippen molar-refractivity contribution in [3.63, 3.8) is 0 Å². The van der Waals surface area contributed by atoms with Crippen molar-refractivity contribution in [3.05, 3.63) is 11.8 Å². The second kappa shape index (κ2) is 6.28. The van der Waals surface area contributed by atoms with Crippen molar-refractivity contribution in [2.75, 3.05) is 11.4 Å². The number of aryl methyl sites for hydroxylation is 1. The number of rotatable bonds is 4. The summed E-state index contributed by atoms with van der Waals surface area (Å²) in [5.41, 5.74) is 0.776. The monoisotopic (exact) mass is 293 g/mol. The summed E-state index contributed by atoms with van der Waals surface area (Å²) in [6, 6.07) is 1.19. The Hall–Kier alpha value is -1.85. The molecule has 0 bridgehead atoms. The SMILES string of the molecule is Cc1cc(OC(C)C)nc(N2CCCC(C)C2C(=O)O)n1. The van der Waals surface area contributed by atoms with Crippen molar-refractivity contribution in [1.82, 2.24) is 9.97 Å². The summed E-state index contributed by atoms with van der Waals surface area (Å²) in [6.07, 6.45) is 1.87. The van der Waals surface area contributed by atoms with Crippen LogP contribution in [0.25, 0.3) is 0 Å². The maximum absolute atomic E-state index is 11.6. The Kier molecular flexibility index (Phi) is 4.65. The van der Waals surface area contributed by atoms with Gasteiger partial charge in [0.15, 0.2) is 0 Å². The van der Waals surface area contributed by atoms with E-state index in [1.807, 2.05) is 27.7 Å². The van der Waals surface area contributed by atoms with E-state index in [4.69, 9.17) is 4.74 Å². The quantitative estimate of drug-likeness (QED) is 0.917.